The molecule has 7 heteroatoms. The predicted molar refractivity (Wildman–Crippen MR) is 70.2 cm³/mol. The van der Waals surface area contributed by atoms with Crippen molar-refractivity contribution in [3.8, 4) is 5.75 Å². The highest BCUT2D eigenvalue weighted by Crippen LogP contribution is 2.22. The normalized spacial score (nSPS) is 18.5. The van der Waals surface area contributed by atoms with Crippen LogP contribution in [0.1, 0.15) is 19.3 Å². The maximum Gasteiger partial charge on any atom is 0.397 e. The van der Waals surface area contributed by atoms with Gasteiger partial charge in [-0.25, -0.2) is 0 Å². The molecular formula is C14H16F3NO3. The van der Waals surface area contributed by atoms with Crippen LogP contribution < -0.4 is 10.1 Å². The summed E-state index contributed by atoms with van der Waals surface area (Å²) in [6, 6.07) is 6.28. The van der Waals surface area contributed by atoms with Gasteiger partial charge in [-0.1, -0.05) is 6.07 Å². The molecule has 21 heavy (non-hydrogen) atoms. The van der Waals surface area contributed by atoms with E-state index in [2.05, 4.69) is 5.32 Å². The van der Waals surface area contributed by atoms with Gasteiger partial charge in [0.2, 0.25) is 5.91 Å². The zero-order valence-corrected chi connectivity index (χ0v) is 11.3. The summed E-state index contributed by atoms with van der Waals surface area (Å²) in [4.78, 5) is 11.2. The monoisotopic (exact) mass is 303 g/mol. The Balaban J connectivity index is 1.86. The van der Waals surface area contributed by atoms with Gasteiger partial charge in [0, 0.05) is 18.4 Å². The van der Waals surface area contributed by atoms with Crippen LogP contribution >= 0.6 is 0 Å². The average Bonchev–Trinajstić information content (AvgIpc) is 2.87. The molecule has 0 aromatic heterocycles. The molecule has 1 N–H and O–H groups in total. The molecule has 116 valence electrons. The van der Waals surface area contributed by atoms with Crippen LogP contribution in [0.5, 0.6) is 5.75 Å². The fourth-order valence-corrected chi connectivity index (χ4v) is 2.02. The van der Waals surface area contributed by atoms with E-state index < -0.39 is 18.5 Å². The number of ether oxygens (including phenoxy) is 2. The third-order valence-corrected chi connectivity index (χ3v) is 2.94. The first-order valence-electron chi connectivity index (χ1n) is 6.63. The van der Waals surface area contributed by atoms with Crippen molar-refractivity contribution in [3.63, 3.8) is 0 Å². The Morgan fingerprint density at radius 2 is 2.24 bits per heavy atom. The van der Waals surface area contributed by atoms with Gasteiger partial charge < -0.3 is 14.8 Å². The summed E-state index contributed by atoms with van der Waals surface area (Å²) in [5.41, 5.74) is 0.272. The number of alkyl halides is 3. The smallest absolute Gasteiger partial charge is 0.397 e. The van der Waals surface area contributed by atoms with Gasteiger partial charge in [0.05, 0.1) is 6.10 Å². The van der Waals surface area contributed by atoms with Gasteiger partial charge in [0.15, 0.2) is 0 Å². The van der Waals surface area contributed by atoms with Crippen molar-refractivity contribution in [1.29, 1.82) is 0 Å². The molecular weight excluding hydrogens is 287 g/mol. The highest BCUT2D eigenvalue weighted by Gasteiger charge is 2.31. The highest BCUT2D eigenvalue weighted by atomic mass is 19.4. The topological polar surface area (TPSA) is 47.6 Å². The van der Waals surface area contributed by atoms with E-state index in [-0.39, 0.29) is 11.8 Å². The van der Waals surface area contributed by atoms with Crippen molar-refractivity contribution in [3.05, 3.63) is 24.3 Å². The fraction of sp³-hybridized carbons (Fsp3) is 0.500. The minimum absolute atomic E-state index is 0.0495. The molecule has 1 aromatic carbocycles. The van der Waals surface area contributed by atoms with Gasteiger partial charge in [-0.05, 0) is 25.0 Å². The van der Waals surface area contributed by atoms with Crippen LogP contribution in [0.3, 0.4) is 0 Å². The minimum atomic E-state index is -4.52. The van der Waals surface area contributed by atoms with E-state index in [1.807, 2.05) is 0 Å². The van der Waals surface area contributed by atoms with E-state index in [0.717, 1.165) is 19.4 Å². The highest BCUT2D eigenvalue weighted by molar-refractivity contribution is 5.91. The molecule has 1 atom stereocenters. The lowest BCUT2D eigenvalue weighted by Crippen LogP contribution is -2.21. The predicted octanol–water partition coefficient (Wildman–Crippen LogP) is 3.14. The van der Waals surface area contributed by atoms with Crippen LogP contribution in [0.25, 0.3) is 0 Å². The molecule has 0 saturated carbocycles. The van der Waals surface area contributed by atoms with Crippen molar-refractivity contribution in [2.24, 2.45) is 0 Å². The molecule has 0 bridgehead atoms. The summed E-state index contributed by atoms with van der Waals surface area (Å²) in [5, 5.41) is 2.20. The lowest BCUT2D eigenvalue weighted by molar-refractivity contribution is -0.150. The van der Waals surface area contributed by atoms with Crippen LogP contribution in [-0.4, -0.2) is 31.4 Å². The molecule has 0 radical (unpaired) electrons. The molecule has 0 spiro atoms. The summed E-state index contributed by atoms with van der Waals surface area (Å²) in [6.07, 6.45) is -4.04. The van der Waals surface area contributed by atoms with Crippen LogP contribution in [0.15, 0.2) is 24.3 Å². The summed E-state index contributed by atoms with van der Waals surface area (Å²) in [6.45, 7) is 1.11. The zero-order valence-electron chi connectivity index (χ0n) is 11.3. The van der Waals surface area contributed by atoms with Crippen LogP contribution in [0.2, 0.25) is 0 Å². The summed E-state index contributed by atoms with van der Waals surface area (Å²) >= 11 is 0. The van der Waals surface area contributed by atoms with E-state index in [0.29, 0.717) is 12.4 Å². The first-order valence-corrected chi connectivity index (χ1v) is 6.63. The Morgan fingerprint density at radius 3 is 2.90 bits per heavy atom. The number of carbonyl (C=O) groups excluding carboxylic acids is 1. The van der Waals surface area contributed by atoms with E-state index in [1.165, 1.54) is 12.1 Å². The van der Waals surface area contributed by atoms with Gasteiger partial charge in [0.1, 0.15) is 18.8 Å². The van der Waals surface area contributed by atoms with E-state index in [1.54, 1.807) is 12.1 Å². The van der Waals surface area contributed by atoms with Crippen LogP contribution in [-0.2, 0) is 9.53 Å². The molecule has 1 fully saturated rings. The van der Waals surface area contributed by atoms with Crippen molar-refractivity contribution in [2.75, 3.05) is 18.5 Å². The third-order valence-electron chi connectivity index (χ3n) is 2.94. The van der Waals surface area contributed by atoms with Gasteiger partial charge in [-0.15, -0.1) is 0 Å². The number of nitrogens with one attached hydrogen (secondary N) is 1. The van der Waals surface area contributed by atoms with Gasteiger partial charge >= 0.3 is 6.18 Å². The Morgan fingerprint density at radius 1 is 1.43 bits per heavy atom. The molecule has 1 amide bonds. The Hall–Kier alpha value is -1.76. The van der Waals surface area contributed by atoms with Crippen LogP contribution in [0.4, 0.5) is 18.9 Å². The molecule has 0 unspecified atom stereocenters. The Bertz CT molecular complexity index is 485. The molecule has 4 nitrogen and oxygen atoms in total. The Kier molecular flexibility index (Phi) is 5.06. The van der Waals surface area contributed by atoms with Crippen molar-refractivity contribution in [1.82, 2.24) is 0 Å². The number of hydrogen-bond donors (Lipinski definition) is 1. The maximum absolute atomic E-state index is 12.1. The molecule has 1 aliphatic heterocycles. The molecule has 2 rings (SSSR count). The number of rotatable bonds is 5. The first kappa shape index (κ1) is 15.6. The van der Waals surface area contributed by atoms with E-state index >= 15 is 0 Å². The minimum Gasteiger partial charge on any atom is -0.491 e. The lowest BCUT2D eigenvalue weighted by Gasteiger charge is -2.13. The summed E-state index contributed by atoms with van der Waals surface area (Å²) < 4.78 is 47.2. The Labute approximate surface area is 120 Å². The molecule has 1 aromatic rings. The number of amides is 1. The number of hydrogen-bond acceptors (Lipinski definition) is 3. The summed E-state index contributed by atoms with van der Waals surface area (Å²) in [7, 11) is 0. The number of halogens is 3. The fourth-order valence-electron chi connectivity index (χ4n) is 2.02. The standard InChI is InChI=1S/C14H16F3NO3/c15-14(16,17)8-13(19)18-10-3-1-4-11(7-10)21-9-12-5-2-6-20-12/h1,3-4,7,12H,2,5-6,8-9H2,(H,18,19)/t12-/m0/s1. The summed E-state index contributed by atoms with van der Waals surface area (Å²) in [5.74, 6) is -0.617. The second-order valence-corrected chi connectivity index (χ2v) is 4.81. The third kappa shape index (κ3) is 5.63. The van der Waals surface area contributed by atoms with Gasteiger partial charge in [-0.2, -0.15) is 13.2 Å². The second-order valence-electron chi connectivity index (χ2n) is 4.81. The SMILES string of the molecule is O=C(CC(F)(F)F)Nc1cccc(OC[C@@H]2CCCO2)c1. The van der Waals surface area contributed by atoms with Crippen molar-refractivity contribution >= 4 is 11.6 Å². The van der Waals surface area contributed by atoms with E-state index in [4.69, 9.17) is 9.47 Å². The quantitative estimate of drug-likeness (QED) is 0.909. The number of benzene rings is 1. The molecule has 1 saturated heterocycles. The molecule has 1 aliphatic rings. The van der Waals surface area contributed by atoms with Gasteiger partial charge in [-0.3, -0.25) is 4.79 Å². The van der Waals surface area contributed by atoms with E-state index in [9.17, 15) is 18.0 Å². The first-order chi connectivity index (χ1) is 9.92. The molecule has 1 heterocycles. The van der Waals surface area contributed by atoms with Gasteiger partial charge in [0.25, 0.3) is 0 Å². The second kappa shape index (κ2) is 6.80. The lowest BCUT2D eigenvalue weighted by atomic mass is 10.2. The van der Waals surface area contributed by atoms with Crippen molar-refractivity contribution < 1.29 is 27.4 Å². The zero-order chi connectivity index (χ0) is 15.3. The van der Waals surface area contributed by atoms with Crippen LogP contribution in [0, 0.1) is 0 Å². The molecule has 0 aliphatic carbocycles. The number of carbonyl (C=O) groups is 1. The maximum atomic E-state index is 12.1. The largest absolute Gasteiger partial charge is 0.491 e. The average molecular weight is 303 g/mol. The number of anilines is 1. The van der Waals surface area contributed by atoms with Crippen molar-refractivity contribution in [2.45, 2.75) is 31.5 Å².